The summed E-state index contributed by atoms with van der Waals surface area (Å²) >= 11 is 0. The van der Waals surface area contributed by atoms with E-state index in [1.807, 2.05) is 26.1 Å². The van der Waals surface area contributed by atoms with Gasteiger partial charge in [0.2, 0.25) is 5.91 Å². The highest BCUT2D eigenvalue weighted by Gasteiger charge is 2.48. The lowest BCUT2D eigenvalue weighted by Crippen LogP contribution is -2.62. The number of likely N-dealkylation sites (N-methyl/N-ethyl adjacent to an activating group) is 2. The normalized spacial score (nSPS) is 25.0. The summed E-state index contributed by atoms with van der Waals surface area (Å²) in [6.07, 6.45) is 2.89. The highest BCUT2D eigenvalue weighted by Crippen LogP contribution is 2.57. The Balaban J connectivity index is 1.30. The van der Waals surface area contributed by atoms with Crippen LogP contribution in [0.2, 0.25) is 0 Å². The number of amides is 2. The Morgan fingerprint density at radius 3 is 2.51 bits per heavy atom. The predicted molar refractivity (Wildman–Crippen MR) is 240 cm³/mol. The molecule has 4 aromatic rings. The molecule has 2 aromatic carbocycles. The molecule has 0 spiro atoms. The minimum Gasteiger partial charge on any atom is -0.374 e. The van der Waals surface area contributed by atoms with Crippen LogP contribution in [0.5, 0.6) is 0 Å². The van der Waals surface area contributed by atoms with Crippen LogP contribution in [0.25, 0.3) is 33.3 Å². The second-order valence-corrected chi connectivity index (χ2v) is 18.5. The number of aromatic nitrogens is 2. The highest BCUT2D eigenvalue weighted by atomic mass is 16.7. The molecule has 3 unspecified atom stereocenters. The quantitative estimate of drug-likeness (QED) is 0.203. The zero-order valence-electron chi connectivity index (χ0n) is 37.6. The largest absolute Gasteiger partial charge is 0.374 e. The van der Waals surface area contributed by atoms with Crippen molar-refractivity contribution in [2.24, 2.45) is 11.3 Å². The number of carbonyl (C=O) groups excluding carboxylic acids is 2. The second-order valence-electron chi connectivity index (χ2n) is 18.5. The zero-order valence-corrected chi connectivity index (χ0v) is 37.6. The molecule has 3 N–H and O–H groups in total. The lowest BCUT2D eigenvalue weighted by atomic mass is 9.67. The van der Waals surface area contributed by atoms with Crippen LogP contribution >= 0.6 is 0 Å². The lowest BCUT2D eigenvalue weighted by molar-refractivity contribution is -0.181. The van der Waals surface area contributed by atoms with Gasteiger partial charge in [-0.1, -0.05) is 58.0 Å². The Morgan fingerprint density at radius 1 is 1.03 bits per heavy atom. The fourth-order valence-corrected chi connectivity index (χ4v) is 10.4. The second kappa shape index (κ2) is 17.8. The summed E-state index contributed by atoms with van der Waals surface area (Å²) < 4.78 is 22.0. The van der Waals surface area contributed by atoms with E-state index in [9.17, 15) is 9.59 Å². The number of ether oxygens (including phenoxy) is 3. The minimum absolute atomic E-state index is 0.0368. The third-order valence-electron chi connectivity index (χ3n) is 13.7. The molecular formula is C48H66N8O5. The molecule has 3 aliphatic heterocycles. The molecule has 0 saturated carbocycles. The number of benzene rings is 2. The fraction of sp³-hybridized carbons (Fsp3) is 0.562. The topological polar surface area (TPSA) is 125 Å². The molecule has 8 rings (SSSR count). The van der Waals surface area contributed by atoms with Gasteiger partial charge in [-0.2, -0.15) is 0 Å². The van der Waals surface area contributed by atoms with Crippen molar-refractivity contribution in [3.8, 4) is 22.4 Å². The van der Waals surface area contributed by atoms with Crippen LogP contribution in [-0.2, 0) is 36.8 Å². The van der Waals surface area contributed by atoms with Crippen molar-refractivity contribution in [1.29, 1.82) is 0 Å². The number of nitrogens with one attached hydrogen (secondary N) is 3. The van der Waals surface area contributed by atoms with Crippen molar-refractivity contribution < 1.29 is 23.8 Å². The molecule has 4 aliphatic rings. The van der Waals surface area contributed by atoms with Gasteiger partial charge in [0, 0.05) is 82.3 Å². The minimum atomic E-state index is -0.799. The smallest absolute Gasteiger partial charge is 0.259 e. The van der Waals surface area contributed by atoms with Gasteiger partial charge in [-0.25, -0.2) is 5.43 Å². The number of hydrogen-bond acceptors (Lipinski definition) is 10. The first kappa shape index (κ1) is 43.3. The van der Waals surface area contributed by atoms with Gasteiger partial charge in [0.15, 0.2) is 6.29 Å². The maximum Gasteiger partial charge on any atom is 0.259 e. The zero-order chi connectivity index (χ0) is 43.2. The van der Waals surface area contributed by atoms with Gasteiger partial charge < -0.3 is 39.2 Å². The molecule has 61 heavy (non-hydrogen) atoms. The highest BCUT2D eigenvalue weighted by molar-refractivity contribution is 5.97. The predicted octanol–water partition coefficient (Wildman–Crippen LogP) is 5.72. The maximum atomic E-state index is 14.6. The van der Waals surface area contributed by atoms with E-state index < -0.39 is 23.8 Å². The van der Waals surface area contributed by atoms with E-state index in [1.54, 1.807) is 26.3 Å². The van der Waals surface area contributed by atoms with Gasteiger partial charge in [-0.15, -0.1) is 0 Å². The summed E-state index contributed by atoms with van der Waals surface area (Å²) in [5.41, 5.74) is 12.9. The molecule has 0 radical (unpaired) electrons. The molecular weight excluding hydrogens is 769 g/mol. The lowest BCUT2D eigenvalue weighted by Gasteiger charge is -2.44. The van der Waals surface area contributed by atoms with Crippen LogP contribution in [0, 0.1) is 11.3 Å². The Bertz CT molecular complexity index is 2230. The molecule has 2 saturated heterocycles. The SMILES string of the molecule is CCn1c2c3c4cc(ccc41)-c1cccc(c1)CC(NC(=O)[C@@H](NC)C(C)C)C(=O)N1CCC[C@H](N1)C(OC)OCC(C)(C)C3[C@H](OC)c1ncc(N3CCN(C)CC3)cc1-2. The summed E-state index contributed by atoms with van der Waals surface area (Å²) in [6, 6.07) is 16.0. The van der Waals surface area contributed by atoms with E-state index in [1.165, 1.54) is 16.6 Å². The number of anilines is 1. The molecule has 6 atom stereocenters. The van der Waals surface area contributed by atoms with Gasteiger partial charge in [0.05, 0.1) is 42.0 Å². The number of rotatable bonds is 8. The molecule has 328 valence electrons. The Labute approximate surface area is 361 Å². The third-order valence-corrected chi connectivity index (χ3v) is 13.7. The average molecular weight is 835 g/mol. The first-order valence-corrected chi connectivity index (χ1v) is 22.3. The number of piperazine rings is 1. The van der Waals surface area contributed by atoms with Gasteiger partial charge in [-0.05, 0) is 85.6 Å². The molecule has 2 aromatic heterocycles. The number of carbonyl (C=O) groups is 2. The molecule has 1 aliphatic carbocycles. The van der Waals surface area contributed by atoms with Crippen LogP contribution < -0.4 is 21.0 Å². The van der Waals surface area contributed by atoms with Crippen LogP contribution in [0.1, 0.15) is 76.3 Å². The number of aryl methyl sites for hydroxylation is 1. The Kier molecular flexibility index (Phi) is 12.6. The summed E-state index contributed by atoms with van der Waals surface area (Å²) in [4.78, 5) is 38.4. The third kappa shape index (κ3) is 8.21. The van der Waals surface area contributed by atoms with Crippen molar-refractivity contribution in [1.82, 2.24) is 35.5 Å². The van der Waals surface area contributed by atoms with Crippen LogP contribution in [-0.4, -0.2) is 123 Å². The fourth-order valence-electron chi connectivity index (χ4n) is 10.4. The number of hydrogen-bond donors (Lipinski definition) is 3. The van der Waals surface area contributed by atoms with Gasteiger partial charge >= 0.3 is 0 Å². The summed E-state index contributed by atoms with van der Waals surface area (Å²) in [6.45, 7) is 16.3. The van der Waals surface area contributed by atoms with E-state index in [4.69, 9.17) is 19.2 Å². The Morgan fingerprint density at radius 2 is 1.80 bits per heavy atom. The van der Waals surface area contributed by atoms with Crippen LogP contribution in [0.3, 0.4) is 0 Å². The van der Waals surface area contributed by atoms with Crippen LogP contribution in [0.4, 0.5) is 5.69 Å². The van der Waals surface area contributed by atoms with Crippen molar-refractivity contribution in [3.05, 3.63) is 71.5 Å². The van der Waals surface area contributed by atoms with Crippen molar-refractivity contribution in [3.63, 3.8) is 0 Å². The monoisotopic (exact) mass is 835 g/mol. The molecule has 13 heteroatoms. The number of pyridine rings is 1. The average Bonchev–Trinajstić information content (AvgIpc) is 3.59. The van der Waals surface area contributed by atoms with Crippen LogP contribution in [0.15, 0.2) is 54.7 Å². The van der Waals surface area contributed by atoms with Gasteiger partial charge in [0.25, 0.3) is 5.91 Å². The van der Waals surface area contributed by atoms with E-state index in [0.29, 0.717) is 19.6 Å². The number of hydrazine groups is 1. The Hall–Kier alpha value is -4.37. The summed E-state index contributed by atoms with van der Waals surface area (Å²) in [5, 5.41) is 9.13. The summed E-state index contributed by atoms with van der Waals surface area (Å²) in [7, 11) is 7.44. The number of methoxy groups -OCH3 is 2. The van der Waals surface area contributed by atoms with Gasteiger partial charge in [0.1, 0.15) is 12.1 Å². The number of nitrogens with zero attached hydrogens (tertiary/aromatic N) is 5. The molecule has 5 heterocycles. The molecule has 2 amide bonds. The van der Waals surface area contributed by atoms with Gasteiger partial charge in [-0.3, -0.25) is 19.6 Å². The van der Waals surface area contributed by atoms with Crippen molar-refractivity contribution >= 4 is 28.4 Å². The van der Waals surface area contributed by atoms with E-state index in [2.05, 4.69) is 101 Å². The molecule has 2 fully saturated rings. The van der Waals surface area contributed by atoms with E-state index in [-0.39, 0.29) is 35.8 Å². The maximum absolute atomic E-state index is 14.6. The number of fused-ring (bicyclic) bond motifs is 8. The first-order valence-electron chi connectivity index (χ1n) is 22.3. The van der Waals surface area contributed by atoms with E-state index in [0.717, 1.165) is 84.7 Å². The van der Waals surface area contributed by atoms with Crippen molar-refractivity contribution in [2.75, 3.05) is 72.5 Å². The first-order chi connectivity index (χ1) is 29.4. The molecule has 6 bridgehead atoms. The van der Waals surface area contributed by atoms with E-state index >= 15 is 0 Å². The summed E-state index contributed by atoms with van der Waals surface area (Å²) in [5.74, 6) is -0.487. The standard InChI is InChI=1S/C48H66N8O5/c1-10-55-38-17-16-32-25-34(38)39-40(44(59-8)42-35(43(39)55)26-33(27-50-42)54-21-19-53(7)20-22-54)48(4,5)28-61-47(60-9)36-15-12-18-56(52-36)46(58)37(24-30-13-11-14-31(32)23-30)51-45(57)41(49-6)29(2)3/h11,13-14,16-17,23,25-27,29,36-37,40-41,44,47,49,52H,10,12,15,18-22,24,28H2,1-9H3,(H,51,57)/t36-,37?,40?,41-,44-,47?/m0/s1. The van der Waals surface area contributed by atoms with Crippen molar-refractivity contribution in [2.45, 2.75) is 96.9 Å². The molecule has 13 nitrogen and oxygen atoms in total.